The fourth-order valence-electron chi connectivity index (χ4n) is 4.13. The van der Waals surface area contributed by atoms with E-state index in [1.54, 1.807) is 50.2 Å². The zero-order chi connectivity index (χ0) is 37.6. The molecule has 0 spiro atoms. The van der Waals surface area contributed by atoms with E-state index in [0.717, 1.165) is 23.3 Å². The van der Waals surface area contributed by atoms with Gasteiger partial charge in [-0.25, -0.2) is 9.59 Å². The summed E-state index contributed by atoms with van der Waals surface area (Å²) in [5.41, 5.74) is 3.27. The first-order valence-corrected chi connectivity index (χ1v) is 17.1. The molecule has 0 atom stereocenters. The SMILES string of the molecule is CCOC(=O)COc1ccc(C([S-])=C([S-])c2ccc(C(F)(F)F)cc2)cc1.CCOC(=O)COc1ccc(C([S-])=C([S-])c2ccc(C)cc2)cc1.[Ni]. The molecule has 0 aromatic heterocycles. The fourth-order valence-corrected chi connectivity index (χ4v) is 5.15. The molecule has 0 heterocycles. The molecule has 0 unspecified atom stereocenters. The second kappa shape index (κ2) is 21.6. The Hall–Kier alpha value is -3.94. The van der Waals surface area contributed by atoms with Gasteiger partial charge in [0.05, 0.1) is 18.8 Å². The van der Waals surface area contributed by atoms with Crippen LogP contribution in [0.25, 0.3) is 19.6 Å². The van der Waals surface area contributed by atoms with Gasteiger partial charge >= 0.3 is 18.1 Å². The van der Waals surface area contributed by atoms with Gasteiger partial charge in [-0.3, -0.25) is 0 Å². The first-order chi connectivity index (χ1) is 24.2. The zero-order valence-corrected chi connectivity index (χ0v) is 32.4. The smallest absolute Gasteiger partial charge is 0.416 e. The van der Waals surface area contributed by atoms with Gasteiger partial charge in [0.15, 0.2) is 13.2 Å². The van der Waals surface area contributed by atoms with Crippen LogP contribution in [0.15, 0.2) is 97.1 Å². The summed E-state index contributed by atoms with van der Waals surface area (Å²) in [6, 6.07) is 26.3. The van der Waals surface area contributed by atoms with E-state index in [2.05, 4.69) is 0 Å². The Morgan fingerprint density at radius 2 is 0.827 bits per heavy atom. The van der Waals surface area contributed by atoms with Gasteiger partial charge in [0.1, 0.15) is 11.5 Å². The van der Waals surface area contributed by atoms with Crippen LogP contribution in [0.3, 0.4) is 0 Å². The number of alkyl halides is 3. The number of carbonyl (C=O) groups excluding carboxylic acids is 2. The maximum absolute atomic E-state index is 12.6. The first-order valence-electron chi connectivity index (χ1n) is 15.4. The third kappa shape index (κ3) is 13.9. The van der Waals surface area contributed by atoms with Crippen molar-refractivity contribution in [2.45, 2.75) is 26.9 Å². The molecule has 0 fully saturated rings. The molecule has 4 aromatic carbocycles. The molecule has 52 heavy (non-hydrogen) atoms. The van der Waals surface area contributed by atoms with E-state index < -0.39 is 23.7 Å². The van der Waals surface area contributed by atoms with Crippen LogP contribution in [0, 0.1) is 6.92 Å². The molecule has 0 saturated carbocycles. The molecule has 14 heteroatoms. The molecule has 4 aromatic rings. The Morgan fingerprint density at radius 3 is 1.12 bits per heavy atom. The minimum atomic E-state index is -4.40. The predicted molar refractivity (Wildman–Crippen MR) is 203 cm³/mol. The Bertz CT molecular complexity index is 1810. The van der Waals surface area contributed by atoms with E-state index in [1.165, 1.54) is 17.7 Å². The van der Waals surface area contributed by atoms with Gasteiger partial charge in [0, 0.05) is 16.5 Å². The molecule has 0 aliphatic rings. The molecule has 0 bridgehead atoms. The Morgan fingerprint density at radius 1 is 0.538 bits per heavy atom. The van der Waals surface area contributed by atoms with E-state index in [-0.39, 0.29) is 41.2 Å². The quantitative estimate of drug-likeness (QED) is 0.0602. The van der Waals surface area contributed by atoms with Crippen molar-refractivity contribution in [2.24, 2.45) is 0 Å². The molecule has 0 aliphatic carbocycles. The minimum Gasteiger partial charge on any atom is -0.781 e. The van der Waals surface area contributed by atoms with Crippen molar-refractivity contribution in [1.29, 1.82) is 0 Å². The number of halogens is 3. The van der Waals surface area contributed by atoms with Gasteiger partial charge in [0.25, 0.3) is 0 Å². The Labute approximate surface area is 333 Å². The normalized spacial score (nSPS) is 11.7. The monoisotopic (exact) mass is 828 g/mol. The van der Waals surface area contributed by atoms with Crippen molar-refractivity contribution >= 4 is 82.1 Å². The number of carbonyl (C=O) groups is 2. The summed E-state index contributed by atoms with van der Waals surface area (Å²) >= 11 is 21.6. The van der Waals surface area contributed by atoms with Crippen LogP contribution in [0.5, 0.6) is 11.5 Å². The molecule has 0 amide bonds. The molecule has 6 nitrogen and oxygen atoms in total. The van der Waals surface area contributed by atoms with E-state index >= 15 is 0 Å². The Kier molecular flexibility index (Phi) is 18.3. The maximum atomic E-state index is 12.6. The summed E-state index contributed by atoms with van der Waals surface area (Å²) in [4.78, 5) is 24.4. The topological polar surface area (TPSA) is 71.1 Å². The van der Waals surface area contributed by atoms with Crippen molar-refractivity contribution in [3.05, 3.63) is 130 Å². The van der Waals surface area contributed by atoms with Crippen molar-refractivity contribution in [1.82, 2.24) is 0 Å². The van der Waals surface area contributed by atoms with Gasteiger partial charge < -0.3 is 69.5 Å². The fraction of sp³-hybridized carbons (Fsp3) is 0.211. The van der Waals surface area contributed by atoms with Gasteiger partial charge in [0.2, 0.25) is 0 Å². The molecule has 280 valence electrons. The van der Waals surface area contributed by atoms with Crippen LogP contribution >= 0.6 is 0 Å². The second-order valence-electron chi connectivity index (χ2n) is 10.5. The van der Waals surface area contributed by atoms with Crippen LogP contribution < -0.4 is 9.47 Å². The maximum Gasteiger partial charge on any atom is 0.416 e. The molecular formula is C38H33F3NiO6S4-4. The largest absolute Gasteiger partial charge is 0.781 e. The number of aryl methyl sites for hydroxylation is 1. The van der Waals surface area contributed by atoms with Gasteiger partial charge in [-0.2, -0.15) is 32.8 Å². The van der Waals surface area contributed by atoms with Crippen molar-refractivity contribution in [2.75, 3.05) is 26.4 Å². The summed E-state index contributed by atoms with van der Waals surface area (Å²) in [5, 5.41) is 0. The van der Waals surface area contributed by atoms with E-state index in [0.29, 0.717) is 43.9 Å². The minimum absolute atomic E-state index is 0. The van der Waals surface area contributed by atoms with Crippen molar-refractivity contribution in [3.63, 3.8) is 0 Å². The summed E-state index contributed by atoms with van der Waals surface area (Å²) in [6.45, 7) is 5.78. The number of esters is 2. The van der Waals surface area contributed by atoms with Crippen LogP contribution in [-0.2, 0) is 92.2 Å². The average molecular weight is 830 g/mol. The summed E-state index contributed by atoms with van der Waals surface area (Å²) in [7, 11) is 0. The van der Waals surface area contributed by atoms with E-state index in [4.69, 9.17) is 69.5 Å². The number of rotatable bonds is 12. The number of benzene rings is 4. The molecule has 0 N–H and O–H groups in total. The summed E-state index contributed by atoms with van der Waals surface area (Å²) < 4.78 is 58.1. The average Bonchev–Trinajstić information content (AvgIpc) is 3.13. The number of ether oxygens (including phenoxy) is 4. The standard InChI is InChI=1S/C19H17F3O3S2.C19H20O3S2.Ni/c1-2-24-16(23)11-25-15-9-5-13(6-10-15)18(27)17(26)12-3-7-14(8-4-12)19(20,21)22;1-3-21-17(20)12-22-16-10-8-15(9-11-16)19(24)18(23)14-6-4-13(2)5-7-14;/h3-10,26-27H,2,11H2,1H3;4-11,23-24H,3,12H2,1-2H3;/p-4. The molecule has 0 aliphatic heterocycles. The predicted octanol–water partition coefficient (Wildman–Crippen LogP) is 8.42. The molecular weight excluding hydrogens is 796 g/mol. The van der Waals surface area contributed by atoms with Crippen molar-refractivity contribution in [3.8, 4) is 11.5 Å². The molecule has 0 saturated heterocycles. The van der Waals surface area contributed by atoms with Crippen molar-refractivity contribution < 1.29 is 58.2 Å². The third-order valence-corrected chi connectivity index (χ3v) is 8.78. The number of hydrogen-bond acceptors (Lipinski definition) is 10. The zero-order valence-electron chi connectivity index (χ0n) is 28.1. The van der Waals surface area contributed by atoms with Gasteiger partial charge in [-0.1, -0.05) is 66.2 Å². The van der Waals surface area contributed by atoms with Crippen LogP contribution in [0.2, 0.25) is 0 Å². The van der Waals surface area contributed by atoms with Crippen LogP contribution in [-0.4, -0.2) is 38.4 Å². The van der Waals surface area contributed by atoms with E-state index in [9.17, 15) is 22.8 Å². The molecule has 0 radical (unpaired) electrons. The summed E-state index contributed by atoms with van der Waals surface area (Å²) in [5.74, 6) is 0.170. The number of hydrogen-bond donors (Lipinski definition) is 0. The van der Waals surface area contributed by atoms with E-state index in [1.807, 2.05) is 43.3 Å². The summed E-state index contributed by atoms with van der Waals surface area (Å²) in [6.07, 6.45) is -4.40. The molecule has 4 rings (SSSR count). The van der Waals surface area contributed by atoms with Gasteiger partial charge in [-0.15, -0.1) is 0 Å². The Balaban J connectivity index is 0.000000356. The van der Waals surface area contributed by atoms with Crippen LogP contribution in [0.1, 0.15) is 47.2 Å². The van der Waals surface area contributed by atoms with Crippen LogP contribution in [0.4, 0.5) is 13.2 Å². The van der Waals surface area contributed by atoms with Gasteiger partial charge in [-0.05, 0) is 79.4 Å². The third-order valence-electron chi connectivity index (χ3n) is 6.76. The second-order valence-corrected chi connectivity index (χ2v) is 12.1. The first kappa shape index (κ1) is 44.2.